The molecule has 0 saturated heterocycles. The van der Waals surface area contributed by atoms with Gasteiger partial charge in [0.25, 0.3) is 6.01 Å². The molecule has 16 heavy (non-hydrogen) atoms. The van der Waals surface area contributed by atoms with Gasteiger partial charge < -0.3 is 14.5 Å². The normalized spacial score (nSPS) is 21.6. The first-order valence-electron chi connectivity index (χ1n) is 5.42. The predicted octanol–water partition coefficient (Wildman–Crippen LogP) is 2.06. The Labute approximate surface area is 94.2 Å². The molecule has 0 bridgehead atoms. The van der Waals surface area contributed by atoms with Gasteiger partial charge in [0.1, 0.15) is 6.26 Å². The lowest BCUT2D eigenvalue weighted by atomic mass is 10.2. The van der Waals surface area contributed by atoms with E-state index in [9.17, 15) is 4.79 Å². The molecule has 1 N–H and O–H groups in total. The fourth-order valence-corrected chi connectivity index (χ4v) is 1.50. The Kier molecular flexibility index (Phi) is 2.61. The van der Waals surface area contributed by atoms with Crippen molar-refractivity contribution in [2.45, 2.75) is 33.2 Å². The number of aromatic nitrogens is 1. The van der Waals surface area contributed by atoms with Crippen LogP contribution in [0.1, 0.15) is 37.7 Å². The van der Waals surface area contributed by atoms with Crippen LogP contribution in [0.25, 0.3) is 0 Å². The second-order valence-electron chi connectivity index (χ2n) is 4.65. The Balaban J connectivity index is 1.95. The molecule has 1 atom stereocenters. The second kappa shape index (κ2) is 3.81. The van der Waals surface area contributed by atoms with Gasteiger partial charge in [-0.2, -0.15) is 4.98 Å². The van der Waals surface area contributed by atoms with Gasteiger partial charge in [-0.25, -0.2) is 4.79 Å². The van der Waals surface area contributed by atoms with Crippen LogP contribution < -0.4 is 5.32 Å². The number of carbonyl (C=O) groups excluding carboxylic acids is 1. The van der Waals surface area contributed by atoms with Crippen molar-refractivity contribution < 1.29 is 13.9 Å². The highest BCUT2D eigenvalue weighted by atomic mass is 16.5. The predicted molar refractivity (Wildman–Crippen MR) is 58.3 cm³/mol. The molecule has 0 aromatic carbocycles. The van der Waals surface area contributed by atoms with E-state index in [2.05, 4.69) is 24.1 Å². The molecule has 0 amide bonds. The van der Waals surface area contributed by atoms with Crippen molar-refractivity contribution in [1.82, 2.24) is 4.98 Å². The Morgan fingerprint density at radius 1 is 1.75 bits per heavy atom. The van der Waals surface area contributed by atoms with E-state index in [4.69, 9.17) is 9.15 Å². The molecule has 2 rings (SSSR count). The van der Waals surface area contributed by atoms with Crippen molar-refractivity contribution >= 4 is 12.0 Å². The molecule has 0 aliphatic heterocycles. The quantitative estimate of drug-likeness (QED) is 0.793. The summed E-state index contributed by atoms with van der Waals surface area (Å²) >= 11 is 0. The summed E-state index contributed by atoms with van der Waals surface area (Å²) < 4.78 is 9.97. The lowest BCUT2D eigenvalue weighted by Crippen LogP contribution is -2.09. The lowest BCUT2D eigenvalue weighted by molar-refractivity contribution is 0.0519. The first-order chi connectivity index (χ1) is 7.53. The van der Waals surface area contributed by atoms with Gasteiger partial charge in [-0.15, -0.1) is 0 Å². The highest BCUT2D eigenvalue weighted by molar-refractivity contribution is 5.87. The zero-order valence-corrected chi connectivity index (χ0v) is 9.74. The summed E-state index contributed by atoms with van der Waals surface area (Å²) in [6.45, 7) is 6.42. The SMILES string of the molecule is CCOC(=O)c1coc(NC2CC2(C)C)n1. The number of carbonyl (C=O) groups is 1. The summed E-state index contributed by atoms with van der Waals surface area (Å²) in [4.78, 5) is 15.3. The van der Waals surface area contributed by atoms with Crippen LogP contribution in [-0.4, -0.2) is 23.6 Å². The van der Waals surface area contributed by atoms with E-state index in [1.54, 1.807) is 6.92 Å². The molecule has 1 aromatic heterocycles. The van der Waals surface area contributed by atoms with E-state index in [1.165, 1.54) is 6.26 Å². The Bertz CT molecular complexity index is 398. The van der Waals surface area contributed by atoms with Crippen LogP contribution in [0.2, 0.25) is 0 Å². The van der Waals surface area contributed by atoms with E-state index < -0.39 is 5.97 Å². The minimum absolute atomic E-state index is 0.211. The summed E-state index contributed by atoms with van der Waals surface area (Å²) in [6.07, 6.45) is 2.40. The molecule has 1 aliphatic rings. The highest BCUT2D eigenvalue weighted by Gasteiger charge is 2.46. The number of esters is 1. The standard InChI is InChI=1S/C11H16N2O3/c1-4-15-9(14)7-6-16-10(12-7)13-8-5-11(8,2)3/h6,8H,4-5H2,1-3H3,(H,12,13). The van der Waals surface area contributed by atoms with Gasteiger partial charge in [0.15, 0.2) is 5.69 Å². The van der Waals surface area contributed by atoms with Crippen molar-refractivity contribution in [3.63, 3.8) is 0 Å². The van der Waals surface area contributed by atoms with E-state index in [0.29, 0.717) is 24.1 Å². The number of oxazole rings is 1. The van der Waals surface area contributed by atoms with Crippen molar-refractivity contribution in [3.8, 4) is 0 Å². The van der Waals surface area contributed by atoms with Crippen LogP contribution in [-0.2, 0) is 4.74 Å². The molecule has 1 unspecified atom stereocenters. The average molecular weight is 224 g/mol. The van der Waals surface area contributed by atoms with Crippen LogP contribution in [0.3, 0.4) is 0 Å². The molecule has 1 heterocycles. The van der Waals surface area contributed by atoms with Crippen LogP contribution >= 0.6 is 0 Å². The van der Waals surface area contributed by atoms with Crippen LogP contribution in [0.5, 0.6) is 0 Å². The number of anilines is 1. The molecule has 0 radical (unpaired) electrons. The topological polar surface area (TPSA) is 64.4 Å². The van der Waals surface area contributed by atoms with Crippen molar-refractivity contribution in [3.05, 3.63) is 12.0 Å². The van der Waals surface area contributed by atoms with Gasteiger partial charge >= 0.3 is 5.97 Å². The largest absolute Gasteiger partial charge is 0.461 e. The van der Waals surface area contributed by atoms with Crippen LogP contribution in [0.15, 0.2) is 10.7 Å². The van der Waals surface area contributed by atoms with Crippen LogP contribution in [0, 0.1) is 5.41 Å². The molecule has 5 nitrogen and oxygen atoms in total. The maximum absolute atomic E-state index is 11.3. The molecule has 1 aliphatic carbocycles. The van der Waals surface area contributed by atoms with E-state index in [0.717, 1.165) is 6.42 Å². The first-order valence-corrected chi connectivity index (χ1v) is 5.42. The summed E-state index contributed by atoms with van der Waals surface area (Å²) in [5, 5.41) is 3.14. The summed E-state index contributed by atoms with van der Waals surface area (Å²) in [5.41, 5.74) is 0.501. The Hall–Kier alpha value is -1.52. The molecular formula is C11H16N2O3. The zero-order valence-electron chi connectivity index (χ0n) is 9.74. The third-order valence-corrected chi connectivity index (χ3v) is 2.80. The van der Waals surface area contributed by atoms with Crippen molar-refractivity contribution in [1.29, 1.82) is 0 Å². The number of hydrogen-bond donors (Lipinski definition) is 1. The first kappa shape index (κ1) is 11.0. The summed E-state index contributed by atoms with van der Waals surface area (Å²) in [5.74, 6) is -0.450. The van der Waals surface area contributed by atoms with E-state index in [-0.39, 0.29) is 5.69 Å². The minimum atomic E-state index is -0.450. The van der Waals surface area contributed by atoms with E-state index >= 15 is 0 Å². The fourth-order valence-electron chi connectivity index (χ4n) is 1.50. The van der Waals surface area contributed by atoms with Gasteiger partial charge in [-0.1, -0.05) is 13.8 Å². The molecule has 1 fully saturated rings. The van der Waals surface area contributed by atoms with Gasteiger partial charge in [-0.05, 0) is 18.8 Å². The Morgan fingerprint density at radius 3 is 3.00 bits per heavy atom. The number of nitrogens with one attached hydrogen (secondary N) is 1. The molecule has 0 spiro atoms. The van der Waals surface area contributed by atoms with Gasteiger partial charge in [-0.3, -0.25) is 0 Å². The highest BCUT2D eigenvalue weighted by Crippen LogP contribution is 2.46. The molecule has 1 aromatic rings. The van der Waals surface area contributed by atoms with Gasteiger partial charge in [0.2, 0.25) is 0 Å². The molecular weight excluding hydrogens is 208 g/mol. The zero-order chi connectivity index (χ0) is 11.8. The second-order valence-corrected chi connectivity index (χ2v) is 4.65. The molecule has 5 heteroatoms. The maximum atomic E-state index is 11.3. The Morgan fingerprint density at radius 2 is 2.44 bits per heavy atom. The fraction of sp³-hybridized carbons (Fsp3) is 0.636. The molecule has 88 valence electrons. The summed E-state index contributed by atoms with van der Waals surface area (Å²) in [7, 11) is 0. The maximum Gasteiger partial charge on any atom is 0.360 e. The lowest BCUT2D eigenvalue weighted by Gasteiger charge is -2.02. The number of rotatable bonds is 4. The van der Waals surface area contributed by atoms with Crippen LogP contribution in [0.4, 0.5) is 6.01 Å². The monoisotopic (exact) mass is 224 g/mol. The number of ether oxygens (including phenoxy) is 1. The third-order valence-electron chi connectivity index (χ3n) is 2.80. The third kappa shape index (κ3) is 2.18. The average Bonchev–Trinajstić information content (AvgIpc) is 2.65. The van der Waals surface area contributed by atoms with Crippen molar-refractivity contribution in [2.75, 3.05) is 11.9 Å². The minimum Gasteiger partial charge on any atom is -0.461 e. The van der Waals surface area contributed by atoms with Crippen molar-refractivity contribution in [2.24, 2.45) is 5.41 Å². The van der Waals surface area contributed by atoms with E-state index in [1.807, 2.05) is 0 Å². The number of hydrogen-bond acceptors (Lipinski definition) is 5. The molecule has 1 saturated carbocycles. The van der Waals surface area contributed by atoms with Gasteiger partial charge in [0.05, 0.1) is 6.61 Å². The van der Waals surface area contributed by atoms with Gasteiger partial charge in [0, 0.05) is 6.04 Å². The summed E-state index contributed by atoms with van der Waals surface area (Å²) in [6, 6.07) is 0.764. The smallest absolute Gasteiger partial charge is 0.360 e. The number of nitrogens with zero attached hydrogens (tertiary/aromatic N) is 1.